The first-order valence-electron chi connectivity index (χ1n) is 12.1. The molecule has 1 amide bonds. The van der Waals surface area contributed by atoms with E-state index in [1.165, 1.54) is 22.7 Å². The number of nitrogens with zero attached hydrogens (tertiary/aromatic N) is 4. The summed E-state index contributed by atoms with van der Waals surface area (Å²) < 4.78 is 7.20. The number of hydrogen-bond acceptors (Lipinski definition) is 6. The number of hydrogen-bond donors (Lipinski definition) is 0. The maximum atomic E-state index is 14.1. The molecular weight excluding hydrogens is 512 g/mol. The summed E-state index contributed by atoms with van der Waals surface area (Å²) in [6.07, 6.45) is 0. The van der Waals surface area contributed by atoms with Crippen LogP contribution in [0.25, 0.3) is 27.2 Å². The minimum Gasteiger partial charge on any atom is -0.497 e. The van der Waals surface area contributed by atoms with Crippen LogP contribution >= 0.6 is 22.7 Å². The van der Waals surface area contributed by atoms with Crippen LogP contribution in [0.2, 0.25) is 0 Å². The van der Waals surface area contributed by atoms with Gasteiger partial charge in [0.25, 0.3) is 5.91 Å². The lowest BCUT2D eigenvalue weighted by Crippen LogP contribution is -2.29. The molecule has 0 atom stereocenters. The zero-order chi connectivity index (χ0) is 26.1. The molecule has 0 aliphatic heterocycles. The number of methoxy groups -OCH3 is 1. The minimum atomic E-state index is -0.0790. The van der Waals surface area contributed by atoms with Crippen LogP contribution in [0.4, 0.5) is 5.13 Å². The van der Waals surface area contributed by atoms with E-state index in [0.717, 1.165) is 44.2 Å². The third kappa shape index (κ3) is 4.60. The Morgan fingerprint density at radius 3 is 2.39 bits per heavy atom. The second-order valence-corrected chi connectivity index (χ2v) is 10.7. The molecule has 3 aromatic heterocycles. The van der Waals surface area contributed by atoms with E-state index in [9.17, 15) is 4.79 Å². The number of carbonyl (C=O) groups excluding carboxylic acids is 1. The zero-order valence-electron chi connectivity index (χ0n) is 20.9. The van der Waals surface area contributed by atoms with Crippen molar-refractivity contribution < 1.29 is 9.53 Å². The van der Waals surface area contributed by atoms with Crippen molar-refractivity contribution >= 4 is 43.9 Å². The standard InChI is InChI=1S/C30H24N4O2S2/c1-20-25-17-27(38-29(25)34(32-20)23-11-7-4-8-12-23)28(35)33(18-21-9-5-3-6-10-21)30-31-26(19-37-30)22-13-15-24(36-2)16-14-22/h3-17,19H,18H2,1-2H3. The molecule has 0 aliphatic carbocycles. The lowest BCUT2D eigenvalue weighted by Gasteiger charge is -2.19. The Hall–Kier alpha value is -4.27. The predicted octanol–water partition coefficient (Wildman–Crippen LogP) is 7.37. The molecule has 6 nitrogen and oxygen atoms in total. The molecule has 0 saturated heterocycles. The maximum Gasteiger partial charge on any atom is 0.270 e. The van der Waals surface area contributed by atoms with Gasteiger partial charge in [-0.15, -0.1) is 22.7 Å². The van der Waals surface area contributed by atoms with Crippen LogP contribution in [-0.2, 0) is 6.54 Å². The molecule has 0 radical (unpaired) electrons. The van der Waals surface area contributed by atoms with Crippen LogP contribution in [0, 0.1) is 6.92 Å². The van der Waals surface area contributed by atoms with E-state index in [1.54, 1.807) is 12.0 Å². The third-order valence-electron chi connectivity index (χ3n) is 6.29. The number of amides is 1. The van der Waals surface area contributed by atoms with E-state index in [0.29, 0.717) is 16.6 Å². The molecule has 0 N–H and O–H groups in total. The number of thiophene rings is 1. The summed E-state index contributed by atoms with van der Waals surface area (Å²) in [7, 11) is 1.65. The highest BCUT2D eigenvalue weighted by molar-refractivity contribution is 7.20. The van der Waals surface area contributed by atoms with E-state index in [4.69, 9.17) is 14.8 Å². The second-order valence-electron chi connectivity index (χ2n) is 8.78. The van der Waals surface area contributed by atoms with E-state index < -0.39 is 0 Å². The Labute approximate surface area is 228 Å². The number of carbonyl (C=O) groups is 1. The van der Waals surface area contributed by atoms with Gasteiger partial charge in [0.05, 0.1) is 35.6 Å². The average molecular weight is 537 g/mol. The Bertz CT molecular complexity index is 1700. The average Bonchev–Trinajstić information content (AvgIpc) is 3.70. The first-order valence-corrected chi connectivity index (χ1v) is 13.8. The fourth-order valence-electron chi connectivity index (χ4n) is 4.30. The topological polar surface area (TPSA) is 60.2 Å². The van der Waals surface area contributed by atoms with Gasteiger partial charge in [-0.25, -0.2) is 9.67 Å². The highest BCUT2D eigenvalue weighted by atomic mass is 32.1. The summed E-state index contributed by atoms with van der Waals surface area (Å²) in [5, 5.41) is 8.36. The molecule has 0 aliphatic rings. The molecule has 0 bridgehead atoms. The summed E-state index contributed by atoms with van der Waals surface area (Å²) in [6, 6.07) is 29.7. The smallest absolute Gasteiger partial charge is 0.270 e. The molecule has 6 rings (SSSR count). The Morgan fingerprint density at radius 2 is 1.68 bits per heavy atom. The fourth-order valence-corrected chi connectivity index (χ4v) is 6.27. The highest BCUT2D eigenvalue weighted by Crippen LogP contribution is 2.34. The summed E-state index contributed by atoms with van der Waals surface area (Å²) in [5.41, 5.74) is 4.70. The molecule has 38 heavy (non-hydrogen) atoms. The van der Waals surface area contributed by atoms with Crippen LogP contribution in [0.5, 0.6) is 5.75 Å². The van der Waals surface area contributed by atoms with Crippen LogP contribution < -0.4 is 9.64 Å². The van der Waals surface area contributed by atoms with Gasteiger partial charge in [0.2, 0.25) is 0 Å². The number of aromatic nitrogens is 3. The molecule has 6 aromatic rings. The Morgan fingerprint density at radius 1 is 0.974 bits per heavy atom. The molecule has 0 saturated carbocycles. The van der Waals surface area contributed by atoms with E-state index in [1.807, 2.05) is 108 Å². The SMILES string of the molecule is COc1ccc(-c2csc(N(Cc3ccccc3)C(=O)c3cc4c(C)nn(-c5ccccc5)c4s3)n2)cc1. The van der Waals surface area contributed by atoms with Crippen molar-refractivity contribution in [2.45, 2.75) is 13.5 Å². The first kappa shape index (κ1) is 24.1. The summed E-state index contributed by atoms with van der Waals surface area (Å²) in [6.45, 7) is 2.40. The number of aryl methyl sites for hydroxylation is 1. The molecular formula is C30H24N4O2S2. The van der Waals surface area contributed by atoms with Crippen molar-refractivity contribution in [2.24, 2.45) is 0 Å². The van der Waals surface area contributed by atoms with Gasteiger partial charge < -0.3 is 4.74 Å². The van der Waals surface area contributed by atoms with Crippen molar-refractivity contribution in [3.63, 3.8) is 0 Å². The van der Waals surface area contributed by atoms with Gasteiger partial charge in [0.15, 0.2) is 5.13 Å². The van der Waals surface area contributed by atoms with E-state index in [-0.39, 0.29) is 5.91 Å². The Balaban J connectivity index is 1.38. The highest BCUT2D eigenvalue weighted by Gasteiger charge is 2.25. The largest absolute Gasteiger partial charge is 0.497 e. The van der Waals surface area contributed by atoms with Crippen molar-refractivity contribution in [3.8, 4) is 22.7 Å². The fraction of sp³-hybridized carbons (Fsp3) is 0.100. The third-order valence-corrected chi connectivity index (χ3v) is 8.26. The summed E-state index contributed by atoms with van der Waals surface area (Å²) in [5.74, 6) is 0.712. The van der Waals surface area contributed by atoms with Crippen LogP contribution in [0.1, 0.15) is 20.9 Å². The molecule has 3 heterocycles. The molecule has 3 aromatic carbocycles. The lowest BCUT2D eigenvalue weighted by atomic mass is 10.2. The monoisotopic (exact) mass is 536 g/mol. The van der Waals surface area contributed by atoms with Gasteiger partial charge in [-0.05, 0) is 55.0 Å². The second kappa shape index (κ2) is 10.2. The number of rotatable bonds is 7. The number of fused-ring (bicyclic) bond motifs is 1. The molecule has 0 unspecified atom stereocenters. The van der Waals surface area contributed by atoms with Crippen molar-refractivity contribution in [1.29, 1.82) is 0 Å². The van der Waals surface area contributed by atoms with Crippen LogP contribution in [0.3, 0.4) is 0 Å². The number of para-hydroxylation sites is 1. The first-order chi connectivity index (χ1) is 18.6. The molecule has 0 spiro atoms. The van der Waals surface area contributed by atoms with Crippen LogP contribution in [0.15, 0.2) is 96.4 Å². The molecule has 188 valence electrons. The molecule has 0 fully saturated rings. The normalized spacial score (nSPS) is 11.1. The maximum absolute atomic E-state index is 14.1. The minimum absolute atomic E-state index is 0.0790. The van der Waals surface area contributed by atoms with E-state index in [2.05, 4.69) is 0 Å². The number of thiazole rings is 1. The van der Waals surface area contributed by atoms with Gasteiger partial charge in [0.1, 0.15) is 10.6 Å². The van der Waals surface area contributed by atoms with Crippen molar-refractivity contribution in [2.75, 3.05) is 12.0 Å². The molecule has 8 heteroatoms. The number of ether oxygens (including phenoxy) is 1. The van der Waals surface area contributed by atoms with Gasteiger partial charge in [-0.3, -0.25) is 9.69 Å². The Kier molecular flexibility index (Phi) is 6.49. The van der Waals surface area contributed by atoms with Gasteiger partial charge in [-0.1, -0.05) is 48.5 Å². The van der Waals surface area contributed by atoms with Gasteiger partial charge in [-0.2, -0.15) is 5.10 Å². The summed E-state index contributed by atoms with van der Waals surface area (Å²) >= 11 is 2.93. The quantitative estimate of drug-likeness (QED) is 0.214. The van der Waals surface area contributed by atoms with Gasteiger partial charge in [0, 0.05) is 16.3 Å². The lowest BCUT2D eigenvalue weighted by molar-refractivity contribution is 0.0989. The van der Waals surface area contributed by atoms with Crippen molar-refractivity contribution in [3.05, 3.63) is 113 Å². The van der Waals surface area contributed by atoms with E-state index >= 15 is 0 Å². The number of anilines is 1. The number of benzene rings is 3. The van der Waals surface area contributed by atoms with Gasteiger partial charge >= 0.3 is 0 Å². The van der Waals surface area contributed by atoms with Crippen molar-refractivity contribution in [1.82, 2.24) is 14.8 Å². The predicted molar refractivity (Wildman–Crippen MR) is 155 cm³/mol. The summed E-state index contributed by atoms with van der Waals surface area (Å²) in [4.78, 5) is 22.3. The zero-order valence-corrected chi connectivity index (χ0v) is 22.5. The van der Waals surface area contributed by atoms with Crippen LogP contribution in [-0.4, -0.2) is 27.8 Å².